The topological polar surface area (TPSA) is 80.0 Å². The first-order valence-corrected chi connectivity index (χ1v) is 6.58. The smallest absolute Gasteiger partial charge is 0.224 e. The molecule has 0 spiro atoms. The molecule has 4 N–H and O–H groups in total. The molecular formula is C15H16N4O. The van der Waals surface area contributed by atoms with E-state index in [-0.39, 0.29) is 5.91 Å². The highest BCUT2D eigenvalue weighted by Gasteiger charge is 2.16. The molecule has 2 aromatic rings. The lowest BCUT2D eigenvalue weighted by Crippen LogP contribution is -2.19. The van der Waals surface area contributed by atoms with Crippen LogP contribution in [0.15, 0.2) is 36.5 Å². The molecule has 1 aromatic carbocycles. The molecule has 20 heavy (non-hydrogen) atoms. The summed E-state index contributed by atoms with van der Waals surface area (Å²) in [5, 5.41) is 6.13. The summed E-state index contributed by atoms with van der Waals surface area (Å²) in [6.45, 7) is 0.595. The number of aryl methyl sites for hydroxylation is 1. The number of nitrogens with zero attached hydrogens (tertiary/aromatic N) is 1. The molecule has 102 valence electrons. The van der Waals surface area contributed by atoms with Gasteiger partial charge in [0.2, 0.25) is 5.91 Å². The zero-order valence-corrected chi connectivity index (χ0v) is 11.0. The van der Waals surface area contributed by atoms with Crippen LogP contribution >= 0.6 is 0 Å². The fraction of sp³-hybridized carbons (Fsp3) is 0.200. The van der Waals surface area contributed by atoms with E-state index in [4.69, 9.17) is 5.73 Å². The number of nitrogens with two attached hydrogens (primary N) is 1. The van der Waals surface area contributed by atoms with Gasteiger partial charge in [-0.05, 0) is 36.2 Å². The highest BCUT2D eigenvalue weighted by molar-refractivity contribution is 5.95. The monoisotopic (exact) mass is 268 g/mol. The number of rotatable bonds is 3. The normalized spacial score (nSPS) is 13.5. The van der Waals surface area contributed by atoms with Crippen LogP contribution in [-0.2, 0) is 17.8 Å². The summed E-state index contributed by atoms with van der Waals surface area (Å²) < 4.78 is 0. The minimum atomic E-state index is 0.0537. The molecule has 2 heterocycles. The van der Waals surface area contributed by atoms with Gasteiger partial charge >= 0.3 is 0 Å². The SMILES string of the molecule is Nc1cc2c(cc1NCc1ccccn1)NC(=O)CC2. The van der Waals surface area contributed by atoms with Crippen molar-refractivity contribution in [1.82, 2.24) is 4.98 Å². The first kappa shape index (κ1) is 12.5. The standard InChI is InChI=1S/C15H16N4O/c16-12-7-10-4-5-15(20)19-13(10)8-14(12)18-9-11-3-1-2-6-17-11/h1-3,6-8,18H,4-5,9,16H2,(H,19,20). The van der Waals surface area contributed by atoms with E-state index in [1.807, 2.05) is 30.3 Å². The second-order valence-corrected chi connectivity index (χ2v) is 4.82. The Morgan fingerprint density at radius 1 is 1.30 bits per heavy atom. The number of pyridine rings is 1. The van der Waals surface area contributed by atoms with Crippen molar-refractivity contribution in [3.05, 3.63) is 47.8 Å². The number of nitrogen functional groups attached to an aromatic ring is 1. The Labute approximate surface area is 117 Å². The summed E-state index contributed by atoms with van der Waals surface area (Å²) in [6, 6.07) is 9.59. The third-order valence-corrected chi connectivity index (χ3v) is 3.36. The van der Waals surface area contributed by atoms with Crippen molar-refractivity contribution in [3.8, 4) is 0 Å². The molecule has 5 heteroatoms. The first-order chi connectivity index (χ1) is 9.72. The lowest BCUT2D eigenvalue weighted by Gasteiger charge is -2.19. The van der Waals surface area contributed by atoms with Gasteiger partial charge in [0.1, 0.15) is 0 Å². The van der Waals surface area contributed by atoms with Gasteiger partial charge in [-0.25, -0.2) is 0 Å². The molecule has 1 aromatic heterocycles. The molecule has 1 amide bonds. The van der Waals surface area contributed by atoms with Gasteiger partial charge in [-0.3, -0.25) is 9.78 Å². The molecule has 0 radical (unpaired) electrons. The molecule has 0 saturated carbocycles. The third-order valence-electron chi connectivity index (χ3n) is 3.36. The maximum Gasteiger partial charge on any atom is 0.224 e. The van der Waals surface area contributed by atoms with Gasteiger partial charge in [0.15, 0.2) is 0 Å². The van der Waals surface area contributed by atoms with Crippen molar-refractivity contribution in [2.24, 2.45) is 0 Å². The zero-order chi connectivity index (χ0) is 13.9. The number of hydrogen-bond acceptors (Lipinski definition) is 4. The summed E-state index contributed by atoms with van der Waals surface area (Å²) in [7, 11) is 0. The lowest BCUT2D eigenvalue weighted by molar-refractivity contribution is -0.116. The maximum absolute atomic E-state index is 11.4. The van der Waals surface area contributed by atoms with E-state index in [1.54, 1.807) is 6.20 Å². The Balaban J connectivity index is 1.80. The second kappa shape index (κ2) is 5.21. The Morgan fingerprint density at radius 2 is 2.20 bits per heavy atom. The number of fused-ring (bicyclic) bond motifs is 1. The number of carbonyl (C=O) groups is 1. The van der Waals surface area contributed by atoms with Crippen LogP contribution < -0.4 is 16.4 Å². The molecule has 3 rings (SSSR count). The van der Waals surface area contributed by atoms with Crippen LogP contribution in [0.1, 0.15) is 17.7 Å². The van der Waals surface area contributed by atoms with Gasteiger partial charge in [-0.1, -0.05) is 6.07 Å². The van der Waals surface area contributed by atoms with Crippen molar-refractivity contribution in [3.63, 3.8) is 0 Å². The van der Waals surface area contributed by atoms with Crippen LogP contribution in [0.2, 0.25) is 0 Å². The zero-order valence-electron chi connectivity index (χ0n) is 11.0. The largest absolute Gasteiger partial charge is 0.397 e. The fourth-order valence-electron chi connectivity index (χ4n) is 2.29. The number of nitrogens with one attached hydrogen (secondary N) is 2. The number of anilines is 3. The average Bonchev–Trinajstić information content (AvgIpc) is 2.46. The van der Waals surface area contributed by atoms with E-state index < -0.39 is 0 Å². The van der Waals surface area contributed by atoms with Crippen molar-refractivity contribution in [2.75, 3.05) is 16.4 Å². The van der Waals surface area contributed by atoms with Gasteiger partial charge in [0.25, 0.3) is 0 Å². The summed E-state index contributed by atoms with van der Waals surface area (Å²) in [6.07, 6.45) is 3.02. The highest BCUT2D eigenvalue weighted by Crippen LogP contribution is 2.31. The van der Waals surface area contributed by atoms with Gasteiger partial charge in [-0.15, -0.1) is 0 Å². The summed E-state index contributed by atoms with van der Waals surface area (Å²) in [4.78, 5) is 15.7. The molecular weight excluding hydrogens is 252 g/mol. The van der Waals surface area contributed by atoms with Gasteiger partial charge < -0.3 is 16.4 Å². The van der Waals surface area contributed by atoms with E-state index in [2.05, 4.69) is 15.6 Å². The van der Waals surface area contributed by atoms with Gasteiger partial charge in [0.05, 0.1) is 23.6 Å². The second-order valence-electron chi connectivity index (χ2n) is 4.82. The third kappa shape index (κ3) is 2.56. The Hall–Kier alpha value is -2.56. The van der Waals surface area contributed by atoms with Crippen molar-refractivity contribution >= 4 is 23.0 Å². The molecule has 1 aliphatic heterocycles. The number of hydrogen-bond donors (Lipinski definition) is 3. The van der Waals surface area contributed by atoms with E-state index in [0.29, 0.717) is 18.7 Å². The quantitative estimate of drug-likeness (QED) is 0.745. The molecule has 1 aliphatic rings. The van der Waals surface area contributed by atoms with E-state index in [0.717, 1.165) is 29.1 Å². The number of benzene rings is 1. The van der Waals surface area contributed by atoms with E-state index in [9.17, 15) is 4.79 Å². The Kier molecular flexibility index (Phi) is 3.25. The maximum atomic E-state index is 11.4. The van der Waals surface area contributed by atoms with Crippen LogP contribution in [0.3, 0.4) is 0 Å². The molecule has 0 atom stereocenters. The minimum absolute atomic E-state index is 0.0537. The minimum Gasteiger partial charge on any atom is -0.397 e. The van der Waals surface area contributed by atoms with Gasteiger partial charge in [0, 0.05) is 18.3 Å². The summed E-state index contributed by atoms with van der Waals surface area (Å²) in [5.41, 5.74) is 10.4. The van der Waals surface area contributed by atoms with Crippen LogP contribution in [0.25, 0.3) is 0 Å². The Morgan fingerprint density at radius 3 is 3.00 bits per heavy atom. The number of aromatic nitrogens is 1. The predicted octanol–water partition coefficient (Wildman–Crippen LogP) is 2.16. The molecule has 0 fully saturated rings. The van der Waals surface area contributed by atoms with E-state index >= 15 is 0 Å². The molecule has 0 aliphatic carbocycles. The average molecular weight is 268 g/mol. The summed E-state index contributed by atoms with van der Waals surface area (Å²) in [5.74, 6) is 0.0537. The molecule has 5 nitrogen and oxygen atoms in total. The van der Waals surface area contributed by atoms with Crippen LogP contribution in [0.4, 0.5) is 17.1 Å². The first-order valence-electron chi connectivity index (χ1n) is 6.58. The van der Waals surface area contributed by atoms with Crippen molar-refractivity contribution in [1.29, 1.82) is 0 Å². The van der Waals surface area contributed by atoms with Crippen molar-refractivity contribution in [2.45, 2.75) is 19.4 Å². The van der Waals surface area contributed by atoms with Crippen LogP contribution in [0, 0.1) is 0 Å². The van der Waals surface area contributed by atoms with Crippen LogP contribution in [0.5, 0.6) is 0 Å². The predicted molar refractivity (Wildman–Crippen MR) is 79.4 cm³/mol. The van der Waals surface area contributed by atoms with E-state index in [1.165, 1.54) is 0 Å². The molecule has 0 unspecified atom stereocenters. The van der Waals surface area contributed by atoms with Crippen LogP contribution in [-0.4, -0.2) is 10.9 Å². The molecule has 0 bridgehead atoms. The highest BCUT2D eigenvalue weighted by atomic mass is 16.1. The summed E-state index contributed by atoms with van der Waals surface area (Å²) >= 11 is 0. The fourth-order valence-corrected chi connectivity index (χ4v) is 2.29. The van der Waals surface area contributed by atoms with Crippen molar-refractivity contribution < 1.29 is 4.79 Å². The number of amides is 1. The van der Waals surface area contributed by atoms with Gasteiger partial charge in [-0.2, -0.15) is 0 Å². The molecule has 0 saturated heterocycles. The number of carbonyl (C=O) groups excluding carboxylic acids is 1. The Bertz CT molecular complexity index is 640. The lowest BCUT2D eigenvalue weighted by atomic mass is 10.0.